The van der Waals surface area contributed by atoms with E-state index in [9.17, 15) is 19.5 Å². The molecule has 1 aromatic heterocycles. The molecule has 0 spiro atoms. The number of benzene rings is 3. The number of likely N-dealkylation sites (tertiary alicyclic amines) is 1. The third kappa shape index (κ3) is 3.39. The number of pyridine rings is 1. The number of carbonyl (C=O) groups excluding carboxylic acids is 3. The van der Waals surface area contributed by atoms with E-state index in [1.807, 2.05) is 48.5 Å². The first-order chi connectivity index (χ1) is 20.5. The number of rotatable bonds is 3. The zero-order valence-corrected chi connectivity index (χ0v) is 22.8. The lowest BCUT2D eigenvalue weighted by molar-refractivity contribution is -0.107. The van der Waals surface area contributed by atoms with Gasteiger partial charge in [0.2, 0.25) is 0 Å². The standard InChI is InChI=1S/C36H28N2O4/c39-33-23-10-4-5-11-24(23)34(40)31(33)30-26-19-38(18-21-8-2-1-3-9-21)20-28(30)36(42)27-13-7-6-12-25(27)35(41)32(36)29(26)22-14-16-37-17-15-22/h1-17,26,28-29,32,42H,18-20H2/t26-,28-,29+,32+,36-/m0/s1. The summed E-state index contributed by atoms with van der Waals surface area (Å²) in [5, 5.41) is 13.1. The number of fused-ring (bicyclic) bond motifs is 7. The number of aromatic nitrogens is 1. The number of hydrogen-bond donors (Lipinski definition) is 1. The van der Waals surface area contributed by atoms with Crippen LogP contribution in [0.1, 0.15) is 53.7 Å². The van der Waals surface area contributed by atoms with Crippen molar-refractivity contribution < 1.29 is 19.5 Å². The van der Waals surface area contributed by atoms with Gasteiger partial charge in [-0.25, -0.2) is 0 Å². The van der Waals surface area contributed by atoms with Gasteiger partial charge in [0, 0.05) is 66.5 Å². The molecular weight excluding hydrogens is 524 g/mol. The molecule has 3 aromatic carbocycles. The first kappa shape index (κ1) is 25.2. The van der Waals surface area contributed by atoms with Crippen LogP contribution < -0.4 is 0 Å². The highest BCUT2D eigenvalue weighted by Gasteiger charge is 2.66. The summed E-state index contributed by atoms with van der Waals surface area (Å²) in [5.74, 6) is -2.82. The minimum Gasteiger partial charge on any atom is -0.384 e. The topological polar surface area (TPSA) is 87.6 Å². The van der Waals surface area contributed by atoms with Crippen LogP contribution in [0.4, 0.5) is 0 Å². The second kappa shape index (κ2) is 9.24. The fourth-order valence-electron chi connectivity index (χ4n) is 8.26. The lowest BCUT2D eigenvalue weighted by atomic mass is 9.53. The van der Waals surface area contributed by atoms with Gasteiger partial charge in [-0.1, -0.05) is 78.9 Å². The smallest absolute Gasteiger partial charge is 0.197 e. The molecule has 6 nitrogen and oxygen atoms in total. The summed E-state index contributed by atoms with van der Waals surface area (Å²) < 4.78 is 0. The number of allylic oxidation sites excluding steroid dienone is 1. The summed E-state index contributed by atoms with van der Waals surface area (Å²) in [7, 11) is 0. The second-order valence-corrected chi connectivity index (χ2v) is 11.9. The van der Waals surface area contributed by atoms with Crippen LogP contribution in [-0.2, 0) is 12.1 Å². The Bertz CT molecular complexity index is 1780. The first-order valence-electron chi connectivity index (χ1n) is 14.4. The third-order valence-corrected chi connectivity index (χ3v) is 9.87. The van der Waals surface area contributed by atoms with Crippen LogP contribution in [0.15, 0.2) is 115 Å². The number of nitrogens with zero attached hydrogens (tertiary/aromatic N) is 2. The Kier molecular flexibility index (Phi) is 5.55. The van der Waals surface area contributed by atoms with Crippen LogP contribution in [0.25, 0.3) is 0 Å². The molecule has 4 aliphatic rings. The summed E-state index contributed by atoms with van der Waals surface area (Å²) in [4.78, 5) is 48.8. The van der Waals surface area contributed by atoms with E-state index in [2.05, 4.69) is 22.0 Å². The molecule has 2 fully saturated rings. The van der Waals surface area contributed by atoms with E-state index in [0.29, 0.717) is 47.5 Å². The highest BCUT2D eigenvalue weighted by molar-refractivity contribution is 6.40. The summed E-state index contributed by atoms with van der Waals surface area (Å²) in [6, 6.07) is 28.2. The summed E-state index contributed by atoms with van der Waals surface area (Å²) >= 11 is 0. The van der Waals surface area contributed by atoms with Crippen molar-refractivity contribution in [1.82, 2.24) is 9.88 Å². The Morgan fingerprint density at radius 2 is 1.38 bits per heavy atom. The van der Waals surface area contributed by atoms with Gasteiger partial charge in [0.25, 0.3) is 0 Å². The molecule has 1 saturated heterocycles. The van der Waals surface area contributed by atoms with Crippen LogP contribution in [0.3, 0.4) is 0 Å². The highest BCUT2D eigenvalue weighted by atomic mass is 16.3. The maximum Gasteiger partial charge on any atom is 0.197 e. The molecule has 1 aliphatic heterocycles. The fraction of sp³-hybridized carbons (Fsp3) is 0.222. The van der Waals surface area contributed by atoms with E-state index in [0.717, 1.165) is 11.1 Å². The number of piperidine rings is 1. The van der Waals surface area contributed by atoms with Gasteiger partial charge in [-0.15, -0.1) is 0 Å². The average molecular weight is 553 g/mol. The van der Waals surface area contributed by atoms with Gasteiger partial charge >= 0.3 is 0 Å². The quantitative estimate of drug-likeness (QED) is 0.284. The molecule has 6 heteroatoms. The van der Waals surface area contributed by atoms with Crippen molar-refractivity contribution in [2.75, 3.05) is 13.1 Å². The number of carbonyl (C=O) groups is 3. The molecule has 1 N–H and O–H groups in total. The minimum atomic E-state index is -1.59. The molecule has 0 amide bonds. The summed E-state index contributed by atoms with van der Waals surface area (Å²) in [5.41, 5.74) is 3.19. The molecule has 206 valence electrons. The van der Waals surface area contributed by atoms with Crippen LogP contribution in [0, 0.1) is 17.8 Å². The third-order valence-electron chi connectivity index (χ3n) is 9.87. The van der Waals surface area contributed by atoms with Crippen molar-refractivity contribution in [2.24, 2.45) is 17.8 Å². The van der Waals surface area contributed by atoms with E-state index < -0.39 is 23.4 Å². The van der Waals surface area contributed by atoms with E-state index in [-0.39, 0.29) is 28.8 Å². The van der Waals surface area contributed by atoms with Crippen molar-refractivity contribution in [3.05, 3.63) is 148 Å². The molecule has 0 radical (unpaired) electrons. The molecule has 5 atom stereocenters. The lowest BCUT2D eigenvalue weighted by Gasteiger charge is -2.56. The Hall–Kier alpha value is -4.52. The maximum absolute atomic E-state index is 14.2. The molecule has 0 unspecified atom stereocenters. The van der Waals surface area contributed by atoms with Crippen LogP contribution in [-0.4, -0.2) is 45.4 Å². The normalized spacial score (nSPS) is 28.1. The molecule has 42 heavy (non-hydrogen) atoms. The van der Waals surface area contributed by atoms with Crippen molar-refractivity contribution in [3.8, 4) is 0 Å². The van der Waals surface area contributed by atoms with Gasteiger partial charge in [0.05, 0.1) is 11.5 Å². The zero-order chi connectivity index (χ0) is 28.6. The van der Waals surface area contributed by atoms with Gasteiger partial charge in [-0.05, 0) is 34.4 Å². The molecule has 8 rings (SSSR count). The Labute approximate surface area is 243 Å². The molecule has 1 saturated carbocycles. The predicted molar refractivity (Wildman–Crippen MR) is 156 cm³/mol. The SMILES string of the molecule is O=C1C(=C2[C@H]3CN(Cc4ccccc4)C[C@@H]2[C@@]2(O)c4ccccc4C(=O)[C@H]2[C@@H]3c2ccncc2)C(=O)c2ccccc21. The van der Waals surface area contributed by atoms with Gasteiger partial charge in [-0.3, -0.25) is 24.3 Å². The largest absolute Gasteiger partial charge is 0.384 e. The Morgan fingerprint density at radius 3 is 2.07 bits per heavy atom. The van der Waals surface area contributed by atoms with Gasteiger partial charge in [0.15, 0.2) is 17.3 Å². The Morgan fingerprint density at radius 1 is 0.762 bits per heavy atom. The maximum atomic E-state index is 14.2. The molecule has 4 aromatic rings. The lowest BCUT2D eigenvalue weighted by Crippen LogP contribution is -2.60. The van der Waals surface area contributed by atoms with Gasteiger partial charge < -0.3 is 5.11 Å². The number of Topliss-reactive ketones (excluding diaryl/α,β-unsaturated/α-hetero) is 3. The minimum absolute atomic E-state index is 0.0853. The predicted octanol–water partition coefficient (Wildman–Crippen LogP) is 5.00. The summed E-state index contributed by atoms with van der Waals surface area (Å²) in [6.45, 7) is 1.61. The number of aliphatic hydroxyl groups is 1. The number of hydrogen-bond acceptors (Lipinski definition) is 6. The molecular formula is C36H28N2O4. The molecule has 3 aliphatic carbocycles. The van der Waals surface area contributed by atoms with Crippen molar-refractivity contribution in [1.29, 1.82) is 0 Å². The molecule has 2 bridgehead atoms. The van der Waals surface area contributed by atoms with Crippen LogP contribution >= 0.6 is 0 Å². The fourth-order valence-corrected chi connectivity index (χ4v) is 8.26. The average Bonchev–Trinajstić information content (AvgIpc) is 3.41. The first-order valence-corrected chi connectivity index (χ1v) is 14.4. The van der Waals surface area contributed by atoms with E-state index in [4.69, 9.17) is 0 Å². The van der Waals surface area contributed by atoms with Gasteiger partial charge in [-0.2, -0.15) is 0 Å². The number of ketones is 3. The van der Waals surface area contributed by atoms with Gasteiger partial charge in [0.1, 0.15) is 5.60 Å². The summed E-state index contributed by atoms with van der Waals surface area (Å²) in [6.07, 6.45) is 3.40. The van der Waals surface area contributed by atoms with Crippen molar-refractivity contribution in [2.45, 2.75) is 18.1 Å². The van der Waals surface area contributed by atoms with Crippen LogP contribution in [0.2, 0.25) is 0 Å². The van der Waals surface area contributed by atoms with E-state index in [1.54, 1.807) is 42.7 Å². The Balaban J connectivity index is 1.39. The zero-order valence-electron chi connectivity index (χ0n) is 22.8. The highest BCUT2D eigenvalue weighted by Crippen LogP contribution is 2.63. The van der Waals surface area contributed by atoms with Crippen molar-refractivity contribution >= 4 is 17.3 Å². The van der Waals surface area contributed by atoms with E-state index in [1.165, 1.54) is 0 Å². The monoisotopic (exact) mass is 552 g/mol. The molecule has 2 heterocycles. The second-order valence-electron chi connectivity index (χ2n) is 11.9. The van der Waals surface area contributed by atoms with Crippen LogP contribution in [0.5, 0.6) is 0 Å². The van der Waals surface area contributed by atoms with E-state index >= 15 is 0 Å². The van der Waals surface area contributed by atoms with Crippen molar-refractivity contribution in [3.63, 3.8) is 0 Å².